The van der Waals surface area contributed by atoms with Crippen LogP contribution in [0.25, 0.3) is 0 Å². The summed E-state index contributed by atoms with van der Waals surface area (Å²) in [6.45, 7) is 0.236. The molecule has 4 rings (SSSR count). The molecule has 10 heteroatoms. The van der Waals surface area contributed by atoms with Gasteiger partial charge in [-0.1, -0.05) is 12.1 Å². The number of methoxy groups -OCH3 is 4. The van der Waals surface area contributed by atoms with Gasteiger partial charge in [0.15, 0.2) is 23.0 Å². The Morgan fingerprint density at radius 1 is 0.895 bits per heavy atom. The molecular formula is C28H28F3NO6. The summed E-state index contributed by atoms with van der Waals surface area (Å²) in [7, 11) is 5.97. The average Bonchev–Trinajstić information content (AvgIpc) is 2.93. The lowest BCUT2D eigenvalue weighted by molar-refractivity contribution is -0.137. The van der Waals surface area contributed by atoms with Gasteiger partial charge in [0.1, 0.15) is 12.4 Å². The van der Waals surface area contributed by atoms with E-state index in [2.05, 4.69) is 0 Å². The van der Waals surface area contributed by atoms with E-state index < -0.39 is 17.8 Å². The molecule has 0 aliphatic carbocycles. The van der Waals surface area contributed by atoms with Gasteiger partial charge in [-0.3, -0.25) is 4.79 Å². The van der Waals surface area contributed by atoms with Crippen molar-refractivity contribution < 1.29 is 41.7 Å². The topological polar surface area (TPSA) is 66.5 Å². The van der Waals surface area contributed by atoms with Crippen molar-refractivity contribution in [3.63, 3.8) is 0 Å². The summed E-state index contributed by atoms with van der Waals surface area (Å²) in [4.78, 5) is 15.5. The summed E-state index contributed by atoms with van der Waals surface area (Å²) in [6.07, 6.45) is -3.99. The lowest BCUT2D eigenvalue weighted by Crippen LogP contribution is -2.42. The molecule has 38 heavy (non-hydrogen) atoms. The van der Waals surface area contributed by atoms with E-state index in [1.54, 1.807) is 29.2 Å². The fourth-order valence-corrected chi connectivity index (χ4v) is 4.60. The van der Waals surface area contributed by atoms with Crippen molar-refractivity contribution >= 4 is 5.91 Å². The third kappa shape index (κ3) is 5.29. The molecule has 1 heterocycles. The highest BCUT2D eigenvalue weighted by molar-refractivity contribution is 5.98. The Bertz CT molecular complexity index is 1310. The van der Waals surface area contributed by atoms with Crippen LogP contribution in [0.3, 0.4) is 0 Å². The molecule has 7 nitrogen and oxygen atoms in total. The van der Waals surface area contributed by atoms with Crippen LogP contribution < -0.4 is 23.7 Å². The third-order valence-corrected chi connectivity index (χ3v) is 6.47. The Hall–Kier alpha value is -4.08. The van der Waals surface area contributed by atoms with Crippen LogP contribution in [0.4, 0.5) is 13.2 Å². The minimum atomic E-state index is -4.51. The number of carbonyl (C=O) groups is 1. The number of rotatable bonds is 8. The number of benzene rings is 3. The van der Waals surface area contributed by atoms with Crippen LogP contribution in [0.2, 0.25) is 0 Å². The first-order chi connectivity index (χ1) is 18.2. The molecule has 0 saturated heterocycles. The molecule has 0 radical (unpaired) electrons. The Labute approximate surface area is 218 Å². The summed E-state index contributed by atoms with van der Waals surface area (Å²) in [5.41, 5.74) is 1.14. The molecule has 1 aliphatic heterocycles. The lowest BCUT2D eigenvalue weighted by Gasteiger charge is -2.38. The first-order valence-electron chi connectivity index (χ1n) is 11.8. The Morgan fingerprint density at radius 3 is 2.24 bits per heavy atom. The molecule has 0 unspecified atom stereocenters. The van der Waals surface area contributed by atoms with E-state index in [4.69, 9.17) is 23.7 Å². The van der Waals surface area contributed by atoms with Gasteiger partial charge in [0.05, 0.1) is 45.6 Å². The summed E-state index contributed by atoms with van der Waals surface area (Å²) in [5.74, 6) is 1.40. The highest BCUT2D eigenvalue weighted by Gasteiger charge is 2.35. The zero-order valence-electron chi connectivity index (χ0n) is 21.4. The second-order valence-electron chi connectivity index (χ2n) is 8.55. The van der Waals surface area contributed by atoms with Gasteiger partial charge in [-0.15, -0.1) is 0 Å². The maximum Gasteiger partial charge on any atom is 0.416 e. The van der Waals surface area contributed by atoms with Crippen LogP contribution in [0.5, 0.6) is 28.7 Å². The van der Waals surface area contributed by atoms with E-state index in [1.807, 2.05) is 6.07 Å². The van der Waals surface area contributed by atoms with E-state index in [9.17, 15) is 18.0 Å². The smallest absolute Gasteiger partial charge is 0.416 e. The van der Waals surface area contributed by atoms with Crippen LogP contribution in [-0.2, 0) is 12.6 Å². The number of alkyl halides is 3. The van der Waals surface area contributed by atoms with Gasteiger partial charge < -0.3 is 28.6 Å². The molecule has 0 bridgehead atoms. The molecule has 0 aromatic heterocycles. The highest BCUT2D eigenvalue weighted by atomic mass is 19.4. The molecule has 1 aliphatic rings. The zero-order chi connectivity index (χ0) is 27.4. The summed E-state index contributed by atoms with van der Waals surface area (Å²) in [6, 6.07) is 12.6. The van der Waals surface area contributed by atoms with Gasteiger partial charge >= 0.3 is 6.18 Å². The van der Waals surface area contributed by atoms with Crippen LogP contribution in [0.1, 0.15) is 33.1 Å². The quantitative estimate of drug-likeness (QED) is 0.379. The monoisotopic (exact) mass is 531 g/mol. The van der Waals surface area contributed by atoms with E-state index >= 15 is 0 Å². The van der Waals surface area contributed by atoms with E-state index in [0.717, 1.165) is 23.3 Å². The lowest BCUT2D eigenvalue weighted by atomic mass is 9.91. The summed E-state index contributed by atoms with van der Waals surface area (Å²) >= 11 is 0. The predicted octanol–water partition coefficient (Wildman–Crippen LogP) is 5.56. The van der Waals surface area contributed by atoms with E-state index in [0.29, 0.717) is 35.8 Å². The van der Waals surface area contributed by atoms with Crippen molar-refractivity contribution in [2.24, 2.45) is 0 Å². The number of para-hydroxylation sites is 1. The van der Waals surface area contributed by atoms with Crippen LogP contribution in [-0.4, -0.2) is 52.4 Å². The number of nitrogens with zero attached hydrogens (tertiary/aromatic N) is 1. The van der Waals surface area contributed by atoms with Gasteiger partial charge in [0.25, 0.3) is 5.91 Å². The van der Waals surface area contributed by atoms with Crippen LogP contribution in [0.15, 0.2) is 54.6 Å². The second-order valence-corrected chi connectivity index (χ2v) is 8.55. The SMILES string of the molecule is COc1cc2c(cc1OC)[C@H](COc1cccc(C(F)(F)F)c1)N(C(=O)c1cccc(OC)c1OC)CC2. The molecule has 0 N–H and O–H groups in total. The normalized spacial score (nSPS) is 14.9. The number of halogens is 3. The van der Waals surface area contributed by atoms with E-state index in [-0.39, 0.29) is 24.0 Å². The zero-order valence-corrected chi connectivity index (χ0v) is 21.4. The molecule has 0 fully saturated rings. The number of amides is 1. The molecule has 202 valence electrons. The molecule has 1 atom stereocenters. The maximum atomic E-state index is 13.9. The Balaban J connectivity index is 1.74. The molecule has 0 saturated carbocycles. The molecular weight excluding hydrogens is 503 g/mol. The van der Waals surface area contributed by atoms with Crippen molar-refractivity contribution in [2.75, 3.05) is 41.6 Å². The molecule has 3 aromatic carbocycles. The molecule has 3 aromatic rings. The first kappa shape index (κ1) is 27.0. The average molecular weight is 532 g/mol. The first-order valence-corrected chi connectivity index (χ1v) is 11.8. The van der Waals surface area contributed by atoms with Crippen molar-refractivity contribution in [2.45, 2.75) is 18.6 Å². The largest absolute Gasteiger partial charge is 0.493 e. The van der Waals surface area contributed by atoms with Crippen molar-refractivity contribution in [1.82, 2.24) is 4.90 Å². The van der Waals surface area contributed by atoms with Crippen molar-refractivity contribution in [3.8, 4) is 28.7 Å². The number of hydrogen-bond donors (Lipinski definition) is 0. The van der Waals surface area contributed by atoms with Crippen LogP contribution in [0, 0.1) is 0 Å². The summed E-state index contributed by atoms with van der Waals surface area (Å²) < 4.78 is 67.4. The fourth-order valence-electron chi connectivity index (χ4n) is 4.60. The van der Waals surface area contributed by atoms with Crippen LogP contribution >= 0.6 is 0 Å². The fraction of sp³-hybridized carbons (Fsp3) is 0.321. The van der Waals surface area contributed by atoms with E-state index in [1.165, 1.54) is 40.6 Å². The second kappa shape index (κ2) is 11.1. The van der Waals surface area contributed by atoms with Gasteiger partial charge in [-0.05, 0) is 60.0 Å². The summed E-state index contributed by atoms with van der Waals surface area (Å²) in [5, 5.41) is 0. The Morgan fingerprint density at radius 2 is 1.58 bits per heavy atom. The third-order valence-electron chi connectivity index (χ3n) is 6.47. The Kier molecular flexibility index (Phi) is 7.89. The predicted molar refractivity (Wildman–Crippen MR) is 134 cm³/mol. The van der Waals surface area contributed by atoms with Gasteiger partial charge in [0.2, 0.25) is 0 Å². The minimum Gasteiger partial charge on any atom is -0.493 e. The van der Waals surface area contributed by atoms with Crippen molar-refractivity contribution in [3.05, 3.63) is 76.9 Å². The van der Waals surface area contributed by atoms with Crippen molar-refractivity contribution in [1.29, 1.82) is 0 Å². The maximum absolute atomic E-state index is 13.9. The van der Waals surface area contributed by atoms with Gasteiger partial charge in [0, 0.05) is 6.54 Å². The number of carbonyl (C=O) groups excluding carboxylic acids is 1. The highest BCUT2D eigenvalue weighted by Crippen LogP contribution is 2.41. The molecule has 0 spiro atoms. The number of hydrogen-bond acceptors (Lipinski definition) is 6. The molecule has 1 amide bonds. The standard InChI is InChI=1S/C28H28F3NO6/c1-34-23-10-6-9-20(26(23)37-4)27(33)32-12-11-17-13-24(35-2)25(36-3)15-21(17)22(32)16-38-19-8-5-7-18(14-19)28(29,30)31/h5-10,13-15,22H,11-12,16H2,1-4H3/t22-/m0/s1. The minimum absolute atomic E-state index is 0.0405. The number of fused-ring (bicyclic) bond motifs is 1. The number of ether oxygens (including phenoxy) is 5. The van der Waals surface area contributed by atoms with Gasteiger partial charge in [-0.2, -0.15) is 13.2 Å². The van der Waals surface area contributed by atoms with Gasteiger partial charge in [-0.25, -0.2) is 0 Å².